The van der Waals surface area contributed by atoms with Crippen LogP contribution in [0.5, 0.6) is 0 Å². The molecule has 5 heteroatoms. The maximum absolute atomic E-state index is 12.6. The van der Waals surface area contributed by atoms with E-state index in [1.54, 1.807) is 17.6 Å². The van der Waals surface area contributed by atoms with Gasteiger partial charge >= 0.3 is 5.63 Å². The number of fused-ring (bicyclic) bond motifs is 1. The van der Waals surface area contributed by atoms with Crippen molar-refractivity contribution in [2.75, 3.05) is 5.73 Å². The largest absolute Gasteiger partial charge is 0.421 e. The van der Waals surface area contributed by atoms with Gasteiger partial charge in [-0.2, -0.15) is 0 Å². The fraction of sp³-hybridized carbons (Fsp3) is 0.125. The Morgan fingerprint density at radius 1 is 1.14 bits per heavy atom. The third-order valence-corrected chi connectivity index (χ3v) is 3.43. The molecular formula is C16H14N2O3. The molecule has 3 aromatic rings. The molecule has 0 saturated carbocycles. The topological polar surface area (TPSA) is 78.2 Å². The summed E-state index contributed by atoms with van der Waals surface area (Å²) in [5, 5.41) is 0.314. The average molecular weight is 282 g/mol. The van der Waals surface area contributed by atoms with Crippen molar-refractivity contribution in [3.8, 4) is 0 Å². The summed E-state index contributed by atoms with van der Waals surface area (Å²) in [6, 6.07) is 12.7. The predicted octanol–water partition coefficient (Wildman–Crippen LogP) is 1.89. The number of nitrogens with zero attached hydrogens (tertiary/aromatic N) is 1. The minimum Gasteiger partial charge on any atom is -0.421 e. The maximum Gasteiger partial charge on any atom is 0.359 e. The zero-order valence-electron chi connectivity index (χ0n) is 11.5. The molecule has 2 N–H and O–H groups in total. The van der Waals surface area contributed by atoms with Gasteiger partial charge in [0, 0.05) is 11.8 Å². The first-order valence-electron chi connectivity index (χ1n) is 6.54. The third kappa shape index (κ3) is 2.33. The monoisotopic (exact) mass is 282 g/mol. The summed E-state index contributed by atoms with van der Waals surface area (Å²) in [4.78, 5) is 24.0. The number of benzene rings is 1. The van der Waals surface area contributed by atoms with Crippen LogP contribution in [0.4, 0.5) is 5.69 Å². The van der Waals surface area contributed by atoms with Crippen LogP contribution in [0.1, 0.15) is 11.3 Å². The predicted molar refractivity (Wildman–Crippen MR) is 81.4 cm³/mol. The van der Waals surface area contributed by atoms with E-state index in [1.165, 1.54) is 6.07 Å². The number of nitrogens with two attached hydrogens (primary N) is 1. The van der Waals surface area contributed by atoms with Crippen molar-refractivity contribution < 1.29 is 4.42 Å². The molecule has 0 atom stereocenters. The summed E-state index contributed by atoms with van der Waals surface area (Å²) in [5.41, 5.74) is 6.65. The van der Waals surface area contributed by atoms with E-state index < -0.39 is 5.63 Å². The highest BCUT2D eigenvalue weighted by Gasteiger charge is 2.11. The molecule has 0 spiro atoms. The molecule has 5 nitrogen and oxygen atoms in total. The van der Waals surface area contributed by atoms with Crippen molar-refractivity contribution in [1.82, 2.24) is 4.57 Å². The van der Waals surface area contributed by atoms with E-state index in [2.05, 4.69) is 0 Å². The van der Waals surface area contributed by atoms with Crippen molar-refractivity contribution in [3.05, 3.63) is 74.5 Å². The zero-order valence-corrected chi connectivity index (χ0v) is 11.5. The molecule has 0 aliphatic carbocycles. The van der Waals surface area contributed by atoms with E-state index >= 15 is 0 Å². The van der Waals surface area contributed by atoms with Crippen LogP contribution in [0.3, 0.4) is 0 Å². The molecule has 0 bridgehead atoms. The Balaban J connectivity index is 2.22. The van der Waals surface area contributed by atoms with Gasteiger partial charge in [-0.1, -0.05) is 30.3 Å². The molecular weight excluding hydrogens is 268 g/mol. The molecule has 0 aliphatic heterocycles. The lowest BCUT2D eigenvalue weighted by atomic mass is 10.2. The Labute approximate surface area is 120 Å². The van der Waals surface area contributed by atoms with E-state index in [-0.39, 0.29) is 16.8 Å². The number of hydrogen-bond donors (Lipinski definition) is 1. The van der Waals surface area contributed by atoms with Crippen molar-refractivity contribution in [2.45, 2.75) is 13.5 Å². The van der Waals surface area contributed by atoms with Gasteiger partial charge in [0.15, 0.2) is 0 Å². The van der Waals surface area contributed by atoms with Crippen molar-refractivity contribution >= 4 is 16.7 Å². The zero-order chi connectivity index (χ0) is 15.0. The standard InChI is InChI=1S/C16H14N2O3/c1-10-7-14-12(8-13(17)16(20)21-14)15(19)18(10)9-11-5-3-2-4-6-11/h2-8H,9,17H2,1H3. The van der Waals surface area contributed by atoms with Crippen LogP contribution in [-0.2, 0) is 6.54 Å². The Kier molecular flexibility index (Phi) is 3.10. The van der Waals surface area contributed by atoms with Gasteiger partial charge in [-0.05, 0) is 18.6 Å². The Morgan fingerprint density at radius 2 is 1.86 bits per heavy atom. The summed E-state index contributed by atoms with van der Waals surface area (Å²) in [6.45, 7) is 2.26. The second kappa shape index (κ2) is 4.94. The van der Waals surface area contributed by atoms with Crippen LogP contribution in [0.25, 0.3) is 11.0 Å². The first-order valence-corrected chi connectivity index (χ1v) is 6.54. The lowest BCUT2D eigenvalue weighted by molar-refractivity contribution is 0.560. The van der Waals surface area contributed by atoms with Gasteiger partial charge in [0.2, 0.25) is 0 Å². The molecule has 21 heavy (non-hydrogen) atoms. The SMILES string of the molecule is Cc1cc2oc(=O)c(N)cc2c(=O)n1Cc1ccccc1. The number of nitrogen functional groups attached to an aromatic ring is 1. The maximum atomic E-state index is 12.6. The van der Waals surface area contributed by atoms with E-state index in [1.807, 2.05) is 30.3 Å². The highest BCUT2D eigenvalue weighted by molar-refractivity contribution is 5.78. The molecule has 0 radical (unpaired) electrons. The number of anilines is 1. The van der Waals surface area contributed by atoms with E-state index in [9.17, 15) is 9.59 Å². The van der Waals surface area contributed by atoms with Crippen molar-refractivity contribution in [3.63, 3.8) is 0 Å². The van der Waals surface area contributed by atoms with Crippen molar-refractivity contribution in [2.24, 2.45) is 0 Å². The number of pyridine rings is 1. The molecule has 0 amide bonds. The van der Waals surface area contributed by atoms with Gasteiger partial charge in [-0.25, -0.2) is 4.79 Å². The quantitative estimate of drug-likeness (QED) is 0.778. The summed E-state index contributed by atoms with van der Waals surface area (Å²) in [5.74, 6) is 0. The van der Waals surface area contributed by atoms with Crippen LogP contribution >= 0.6 is 0 Å². The van der Waals surface area contributed by atoms with Gasteiger partial charge in [-0.3, -0.25) is 4.79 Å². The average Bonchev–Trinajstić information content (AvgIpc) is 2.47. The first kappa shape index (κ1) is 13.2. The summed E-state index contributed by atoms with van der Waals surface area (Å²) in [6.07, 6.45) is 0. The molecule has 0 unspecified atom stereocenters. The lowest BCUT2D eigenvalue weighted by Crippen LogP contribution is -2.24. The highest BCUT2D eigenvalue weighted by Crippen LogP contribution is 2.13. The van der Waals surface area contributed by atoms with Crippen LogP contribution in [-0.4, -0.2) is 4.57 Å². The second-order valence-electron chi connectivity index (χ2n) is 4.93. The molecule has 1 aromatic carbocycles. The van der Waals surface area contributed by atoms with E-state index in [0.29, 0.717) is 11.9 Å². The lowest BCUT2D eigenvalue weighted by Gasteiger charge is -2.11. The van der Waals surface area contributed by atoms with Gasteiger partial charge in [0.05, 0.1) is 11.9 Å². The van der Waals surface area contributed by atoms with Gasteiger partial charge < -0.3 is 14.7 Å². The van der Waals surface area contributed by atoms with Gasteiger partial charge in [-0.15, -0.1) is 0 Å². The summed E-state index contributed by atoms with van der Waals surface area (Å²) in [7, 11) is 0. The molecule has 2 aromatic heterocycles. The Bertz CT molecular complexity index is 924. The molecule has 0 saturated heterocycles. The fourth-order valence-electron chi connectivity index (χ4n) is 2.31. The summed E-state index contributed by atoms with van der Waals surface area (Å²) >= 11 is 0. The highest BCUT2D eigenvalue weighted by atomic mass is 16.4. The number of aryl methyl sites for hydroxylation is 1. The van der Waals surface area contributed by atoms with Crippen LogP contribution in [0, 0.1) is 6.92 Å². The number of hydrogen-bond acceptors (Lipinski definition) is 4. The minimum atomic E-state index is -0.623. The second-order valence-corrected chi connectivity index (χ2v) is 4.93. The van der Waals surface area contributed by atoms with Crippen LogP contribution in [0.15, 0.2) is 56.5 Å². The number of rotatable bonds is 2. The van der Waals surface area contributed by atoms with E-state index in [0.717, 1.165) is 11.3 Å². The molecule has 0 fully saturated rings. The minimum absolute atomic E-state index is 0.0604. The Hall–Kier alpha value is -2.82. The Morgan fingerprint density at radius 3 is 2.57 bits per heavy atom. The van der Waals surface area contributed by atoms with E-state index in [4.69, 9.17) is 10.2 Å². The number of aromatic nitrogens is 1. The third-order valence-electron chi connectivity index (χ3n) is 3.43. The first-order chi connectivity index (χ1) is 10.1. The molecule has 2 heterocycles. The molecule has 3 rings (SSSR count). The fourth-order valence-corrected chi connectivity index (χ4v) is 2.31. The molecule has 106 valence electrons. The summed E-state index contributed by atoms with van der Waals surface area (Å²) < 4.78 is 6.70. The van der Waals surface area contributed by atoms with Crippen LogP contribution in [0.2, 0.25) is 0 Å². The van der Waals surface area contributed by atoms with Crippen molar-refractivity contribution in [1.29, 1.82) is 0 Å². The van der Waals surface area contributed by atoms with Crippen LogP contribution < -0.4 is 16.9 Å². The van der Waals surface area contributed by atoms with Gasteiger partial charge in [0.1, 0.15) is 11.3 Å². The smallest absolute Gasteiger partial charge is 0.359 e. The normalized spacial score (nSPS) is 10.9. The van der Waals surface area contributed by atoms with Gasteiger partial charge in [0.25, 0.3) is 5.56 Å². The molecule has 0 aliphatic rings.